The van der Waals surface area contributed by atoms with Gasteiger partial charge in [0.05, 0.1) is 6.61 Å². The Bertz CT molecular complexity index is 519. The van der Waals surface area contributed by atoms with Gasteiger partial charge in [-0.1, -0.05) is 11.6 Å². The van der Waals surface area contributed by atoms with Crippen LogP contribution in [-0.2, 0) is 16.0 Å². The standard InChI is InChI=1S/C12H12ClNO2/c1-8-10-6-9(13)2-3-12(10)14-11(8)4-5-16-7-15/h2-3,6-7,14H,4-5H2,1H3. The Morgan fingerprint density at radius 3 is 3.06 bits per heavy atom. The molecule has 1 N–H and O–H groups in total. The zero-order chi connectivity index (χ0) is 11.5. The molecule has 4 heteroatoms. The number of rotatable bonds is 4. The fourth-order valence-electron chi connectivity index (χ4n) is 1.81. The van der Waals surface area contributed by atoms with Crippen LogP contribution in [0.25, 0.3) is 10.9 Å². The van der Waals surface area contributed by atoms with Gasteiger partial charge < -0.3 is 9.72 Å². The van der Waals surface area contributed by atoms with Crippen molar-refractivity contribution in [1.82, 2.24) is 4.98 Å². The Kier molecular flexibility index (Phi) is 3.15. The fraction of sp³-hybridized carbons (Fsp3) is 0.250. The fourth-order valence-corrected chi connectivity index (χ4v) is 1.99. The molecule has 1 heterocycles. The van der Waals surface area contributed by atoms with E-state index in [1.807, 2.05) is 25.1 Å². The summed E-state index contributed by atoms with van der Waals surface area (Å²) in [5, 5.41) is 1.85. The van der Waals surface area contributed by atoms with E-state index in [2.05, 4.69) is 9.72 Å². The molecule has 16 heavy (non-hydrogen) atoms. The minimum atomic E-state index is 0.394. The van der Waals surface area contributed by atoms with Gasteiger partial charge in [0, 0.05) is 28.0 Å². The zero-order valence-electron chi connectivity index (χ0n) is 8.92. The lowest BCUT2D eigenvalue weighted by atomic mass is 10.1. The SMILES string of the molecule is Cc1c(CCOC=O)[nH]c2ccc(Cl)cc12. The van der Waals surface area contributed by atoms with Crippen molar-refractivity contribution in [1.29, 1.82) is 0 Å². The second-order valence-corrected chi connectivity index (χ2v) is 4.07. The summed E-state index contributed by atoms with van der Waals surface area (Å²) in [5.74, 6) is 0. The van der Waals surface area contributed by atoms with Gasteiger partial charge in [0.15, 0.2) is 0 Å². The van der Waals surface area contributed by atoms with Crippen LogP contribution in [0.4, 0.5) is 0 Å². The quantitative estimate of drug-likeness (QED) is 0.656. The molecule has 0 fully saturated rings. The third-order valence-electron chi connectivity index (χ3n) is 2.66. The Balaban J connectivity index is 2.32. The van der Waals surface area contributed by atoms with E-state index < -0.39 is 0 Å². The molecule has 1 aromatic carbocycles. The lowest BCUT2D eigenvalue weighted by Crippen LogP contribution is -1.98. The molecule has 3 nitrogen and oxygen atoms in total. The van der Waals surface area contributed by atoms with Gasteiger partial charge >= 0.3 is 0 Å². The van der Waals surface area contributed by atoms with Crippen LogP contribution >= 0.6 is 11.6 Å². The number of aromatic amines is 1. The summed E-state index contributed by atoms with van der Waals surface area (Å²) >= 11 is 5.94. The number of aryl methyl sites for hydroxylation is 1. The van der Waals surface area contributed by atoms with E-state index in [9.17, 15) is 4.79 Å². The number of H-pyrrole nitrogens is 1. The summed E-state index contributed by atoms with van der Waals surface area (Å²) in [6.45, 7) is 2.89. The largest absolute Gasteiger partial charge is 0.467 e. The van der Waals surface area contributed by atoms with Gasteiger partial charge in [0.1, 0.15) is 0 Å². The molecule has 0 radical (unpaired) electrons. The molecule has 0 aliphatic heterocycles. The average Bonchev–Trinajstić information content (AvgIpc) is 2.57. The first-order valence-corrected chi connectivity index (χ1v) is 5.42. The van der Waals surface area contributed by atoms with Crippen molar-refractivity contribution in [3.63, 3.8) is 0 Å². The molecule has 2 rings (SSSR count). The Morgan fingerprint density at radius 1 is 1.50 bits per heavy atom. The molecule has 0 atom stereocenters. The highest BCUT2D eigenvalue weighted by Gasteiger charge is 2.07. The number of aromatic nitrogens is 1. The second-order valence-electron chi connectivity index (χ2n) is 3.64. The first-order valence-electron chi connectivity index (χ1n) is 5.04. The normalized spacial score (nSPS) is 10.6. The van der Waals surface area contributed by atoms with Crippen LogP contribution in [0.3, 0.4) is 0 Å². The van der Waals surface area contributed by atoms with Gasteiger partial charge in [-0.2, -0.15) is 0 Å². The van der Waals surface area contributed by atoms with E-state index in [1.54, 1.807) is 0 Å². The van der Waals surface area contributed by atoms with Crippen LogP contribution in [0, 0.1) is 6.92 Å². The monoisotopic (exact) mass is 237 g/mol. The number of halogens is 1. The van der Waals surface area contributed by atoms with E-state index in [0.717, 1.165) is 27.2 Å². The van der Waals surface area contributed by atoms with Crippen molar-refractivity contribution in [2.45, 2.75) is 13.3 Å². The second kappa shape index (κ2) is 4.58. The van der Waals surface area contributed by atoms with Gasteiger partial charge in [0.25, 0.3) is 6.47 Å². The van der Waals surface area contributed by atoms with Crippen molar-refractivity contribution < 1.29 is 9.53 Å². The smallest absolute Gasteiger partial charge is 0.293 e. The highest BCUT2D eigenvalue weighted by Crippen LogP contribution is 2.25. The molecule has 0 saturated carbocycles. The maximum atomic E-state index is 10.0. The van der Waals surface area contributed by atoms with Crippen LogP contribution in [0.1, 0.15) is 11.3 Å². The van der Waals surface area contributed by atoms with E-state index in [0.29, 0.717) is 19.5 Å². The maximum absolute atomic E-state index is 10.0. The first kappa shape index (κ1) is 11.0. The van der Waals surface area contributed by atoms with E-state index >= 15 is 0 Å². The van der Waals surface area contributed by atoms with Gasteiger partial charge in [-0.3, -0.25) is 4.79 Å². The van der Waals surface area contributed by atoms with Crippen molar-refractivity contribution in [3.05, 3.63) is 34.5 Å². The summed E-state index contributed by atoms with van der Waals surface area (Å²) in [6, 6.07) is 5.74. The number of fused-ring (bicyclic) bond motifs is 1. The molecule has 1 aromatic heterocycles. The minimum absolute atomic E-state index is 0.394. The first-order chi connectivity index (χ1) is 7.72. The Labute approximate surface area is 98.4 Å². The molecule has 0 aliphatic rings. The summed E-state index contributed by atoms with van der Waals surface area (Å²) in [5.41, 5.74) is 3.30. The molecule has 0 bridgehead atoms. The molecule has 2 aromatic rings. The van der Waals surface area contributed by atoms with Crippen LogP contribution in [-0.4, -0.2) is 18.1 Å². The van der Waals surface area contributed by atoms with E-state index in [-0.39, 0.29) is 0 Å². The Hall–Kier alpha value is -1.48. The molecule has 0 amide bonds. The summed E-state index contributed by atoms with van der Waals surface area (Å²) in [7, 11) is 0. The highest BCUT2D eigenvalue weighted by molar-refractivity contribution is 6.31. The molecular formula is C12H12ClNO2. The molecular weight excluding hydrogens is 226 g/mol. The molecule has 0 aliphatic carbocycles. The zero-order valence-corrected chi connectivity index (χ0v) is 9.67. The van der Waals surface area contributed by atoms with E-state index in [1.165, 1.54) is 0 Å². The number of ether oxygens (including phenoxy) is 1. The van der Waals surface area contributed by atoms with Crippen molar-refractivity contribution >= 4 is 29.0 Å². The predicted molar refractivity (Wildman–Crippen MR) is 63.8 cm³/mol. The van der Waals surface area contributed by atoms with Crippen LogP contribution < -0.4 is 0 Å². The minimum Gasteiger partial charge on any atom is -0.467 e. The van der Waals surface area contributed by atoms with Crippen LogP contribution in [0.2, 0.25) is 5.02 Å². The van der Waals surface area contributed by atoms with Gasteiger partial charge in [-0.25, -0.2) is 0 Å². The summed E-state index contributed by atoms with van der Waals surface area (Å²) in [4.78, 5) is 13.3. The third kappa shape index (κ3) is 2.04. The van der Waals surface area contributed by atoms with Crippen molar-refractivity contribution in [3.8, 4) is 0 Å². The van der Waals surface area contributed by atoms with E-state index in [4.69, 9.17) is 11.6 Å². The summed E-state index contributed by atoms with van der Waals surface area (Å²) < 4.78 is 4.69. The number of hydrogen-bond acceptors (Lipinski definition) is 2. The van der Waals surface area contributed by atoms with Crippen LogP contribution in [0.15, 0.2) is 18.2 Å². The number of carbonyl (C=O) groups excluding carboxylic acids is 1. The number of hydrogen-bond donors (Lipinski definition) is 1. The Morgan fingerprint density at radius 2 is 2.31 bits per heavy atom. The lowest BCUT2D eigenvalue weighted by Gasteiger charge is -1.98. The van der Waals surface area contributed by atoms with Crippen LogP contribution in [0.5, 0.6) is 0 Å². The van der Waals surface area contributed by atoms with Gasteiger partial charge in [0.2, 0.25) is 0 Å². The lowest BCUT2D eigenvalue weighted by molar-refractivity contribution is -0.128. The molecule has 0 spiro atoms. The van der Waals surface area contributed by atoms with Crippen molar-refractivity contribution in [2.24, 2.45) is 0 Å². The number of carbonyl (C=O) groups is 1. The number of nitrogens with one attached hydrogen (secondary N) is 1. The van der Waals surface area contributed by atoms with Gasteiger partial charge in [-0.15, -0.1) is 0 Å². The number of benzene rings is 1. The average molecular weight is 238 g/mol. The third-order valence-corrected chi connectivity index (χ3v) is 2.90. The molecule has 0 saturated heterocycles. The highest BCUT2D eigenvalue weighted by atomic mass is 35.5. The summed E-state index contributed by atoms with van der Waals surface area (Å²) in [6.07, 6.45) is 0.691. The molecule has 0 unspecified atom stereocenters. The topological polar surface area (TPSA) is 42.1 Å². The van der Waals surface area contributed by atoms with Gasteiger partial charge in [-0.05, 0) is 30.7 Å². The molecule has 84 valence electrons. The predicted octanol–water partition coefficient (Wildman–Crippen LogP) is 2.85. The van der Waals surface area contributed by atoms with Crippen molar-refractivity contribution in [2.75, 3.05) is 6.61 Å². The maximum Gasteiger partial charge on any atom is 0.293 e.